The highest BCUT2D eigenvalue weighted by Gasteiger charge is 2.36. The van der Waals surface area contributed by atoms with Gasteiger partial charge in [0.15, 0.2) is 0 Å². The van der Waals surface area contributed by atoms with E-state index in [2.05, 4.69) is 5.10 Å². The molecule has 1 aromatic carbocycles. The van der Waals surface area contributed by atoms with E-state index in [9.17, 15) is 8.78 Å². The summed E-state index contributed by atoms with van der Waals surface area (Å²) in [7, 11) is 0. The summed E-state index contributed by atoms with van der Waals surface area (Å²) in [6.07, 6.45) is 2.60. The van der Waals surface area contributed by atoms with Gasteiger partial charge in [0, 0.05) is 23.9 Å². The first-order valence-electron chi connectivity index (χ1n) is 6.16. The number of hydrogen-bond acceptors (Lipinski definition) is 2. The van der Waals surface area contributed by atoms with Crippen molar-refractivity contribution < 1.29 is 8.78 Å². The molecule has 2 aromatic rings. The quantitative estimate of drug-likeness (QED) is 0.790. The van der Waals surface area contributed by atoms with Gasteiger partial charge < -0.3 is 5.73 Å². The minimum Gasteiger partial charge on any atom is -0.399 e. The standard InChI is InChI=1S/C13H15F2N3/c14-13(15)5-3-11(4-6-13)18-12-7-10(16)2-1-9(12)8-17-18/h1-2,7-8,11H,3-6,16H2. The Bertz CT molecular complexity index is 567. The minimum absolute atomic E-state index is 0.0542. The van der Waals surface area contributed by atoms with Crippen LogP contribution in [0.1, 0.15) is 31.7 Å². The average Bonchev–Trinajstić information content (AvgIpc) is 2.72. The zero-order valence-electron chi connectivity index (χ0n) is 9.94. The number of aromatic nitrogens is 2. The Morgan fingerprint density at radius 2 is 2.00 bits per heavy atom. The van der Waals surface area contributed by atoms with Crippen molar-refractivity contribution >= 4 is 16.6 Å². The maximum atomic E-state index is 13.1. The van der Waals surface area contributed by atoms with E-state index in [1.165, 1.54) is 0 Å². The number of halogens is 2. The van der Waals surface area contributed by atoms with Crippen LogP contribution in [0, 0.1) is 0 Å². The number of rotatable bonds is 1. The Morgan fingerprint density at radius 3 is 2.72 bits per heavy atom. The van der Waals surface area contributed by atoms with Crippen molar-refractivity contribution in [2.24, 2.45) is 0 Å². The molecule has 0 amide bonds. The fourth-order valence-electron chi connectivity index (χ4n) is 2.62. The van der Waals surface area contributed by atoms with E-state index < -0.39 is 5.92 Å². The molecule has 1 saturated carbocycles. The molecule has 1 heterocycles. The SMILES string of the molecule is Nc1ccc2cnn(C3CCC(F)(F)CC3)c2c1. The normalized spacial score (nSPS) is 20.3. The molecule has 0 atom stereocenters. The lowest BCUT2D eigenvalue weighted by Gasteiger charge is -2.28. The molecule has 18 heavy (non-hydrogen) atoms. The molecule has 1 fully saturated rings. The van der Waals surface area contributed by atoms with Gasteiger partial charge in [-0.3, -0.25) is 4.68 Å². The Labute approximate surface area is 104 Å². The largest absolute Gasteiger partial charge is 0.399 e. The fourth-order valence-corrected chi connectivity index (χ4v) is 2.62. The van der Waals surface area contributed by atoms with Crippen LogP contribution in [0.5, 0.6) is 0 Å². The predicted molar refractivity (Wildman–Crippen MR) is 66.6 cm³/mol. The molecule has 1 aromatic heterocycles. The van der Waals surface area contributed by atoms with Crippen LogP contribution in [0.25, 0.3) is 10.9 Å². The van der Waals surface area contributed by atoms with Gasteiger partial charge in [-0.2, -0.15) is 5.10 Å². The number of alkyl halides is 2. The number of fused-ring (bicyclic) bond motifs is 1. The summed E-state index contributed by atoms with van der Waals surface area (Å²) in [5.41, 5.74) is 7.37. The van der Waals surface area contributed by atoms with Crippen molar-refractivity contribution in [1.82, 2.24) is 9.78 Å². The molecule has 0 aliphatic heterocycles. The number of benzene rings is 1. The van der Waals surface area contributed by atoms with E-state index in [1.807, 2.05) is 22.9 Å². The van der Waals surface area contributed by atoms with Crippen molar-refractivity contribution in [2.75, 3.05) is 5.73 Å². The number of nitrogen functional groups attached to an aromatic ring is 1. The molecule has 0 saturated heterocycles. The van der Waals surface area contributed by atoms with E-state index >= 15 is 0 Å². The van der Waals surface area contributed by atoms with Crippen LogP contribution in [-0.2, 0) is 0 Å². The molecule has 5 heteroatoms. The molecular formula is C13H15F2N3. The fraction of sp³-hybridized carbons (Fsp3) is 0.462. The first kappa shape index (κ1) is 11.4. The summed E-state index contributed by atoms with van der Waals surface area (Å²) >= 11 is 0. The average molecular weight is 251 g/mol. The molecule has 3 rings (SSSR count). The summed E-state index contributed by atoms with van der Waals surface area (Å²) < 4.78 is 28.1. The van der Waals surface area contributed by atoms with Gasteiger partial charge in [0.2, 0.25) is 5.92 Å². The Hall–Kier alpha value is -1.65. The van der Waals surface area contributed by atoms with Crippen LogP contribution in [0.15, 0.2) is 24.4 Å². The minimum atomic E-state index is -2.50. The molecule has 0 spiro atoms. The summed E-state index contributed by atoms with van der Waals surface area (Å²) in [4.78, 5) is 0. The summed E-state index contributed by atoms with van der Waals surface area (Å²) in [6.45, 7) is 0. The van der Waals surface area contributed by atoms with Crippen LogP contribution in [-0.4, -0.2) is 15.7 Å². The van der Waals surface area contributed by atoms with E-state index in [0.717, 1.165) is 10.9 Å². The van der Waals surface area contributed by atoms with Crippen molar-refractivity contribution in [2.45, 2.75) is 37.6 Å². The smallest absolute Gasteiger partial charge is 0.248 e. The maximum Gasteiger partial charge on any atom is 0.248 e. The molecule has 96 valence electrons. The van der Waals surface area contributed by atoms with E-state index in [4.69, 9.17) is 5.73 Å². The lowest BCUT2D eigenvalue weighted by Crippen LogP contribution is -2.26. The summed E-state index contributed by atoms with van der Waals surface area (Å²) in [5.74, 6) is -2.50. The molecule has 0 radical (unpaired) electrons. The van der Waals surface area contributed by atoms with E-state index in [0.29, 0.717) is 18.5 Å². The lowest BCUT2D eigenvalue weighted by atomic mass is 9.92. The van der Waals surface area contributed by atoms with Crippen molar-refractivity contribution in [3.63, 3.8) is 0 Å². The van der Waals surface area contributed by atoms with Crippen molar-refractivity contribution in [1.29, 1.82) is 0 Å². The van der Waals surface area contributed by atoms with Gasteiger partial charge in [-0.05, 0) is 31.0 Å². The van der Waals surface area contributed by atoms with Gasteiger partial charge in [0.05, 0.1) is 17.8 Å². The topological polar surface area (TPSA) is 43.8 Å². The first-order chi connectivity index (χ1) is 8.55. The maximum absolute atomic E-state index is 13.1. The number of anilines is 1. The van der Waals surface area contributed by atoms with Crippen molar-refractivity contribution in [3.05, 3.63) is 24.4 Å². The lowest BCUT2D eigenvalue weighted by molar-refractivity contribution is -0.0446. The molecule has 1 aliphatic carbocycles. The van der Waals surface area contributed by atoms with Gasteiger partial charge >= 0.3 is 0 Å². The van der Waals surface area contributed by atoms with Gasteiger partial charge in [-0.25, -0.2) is 8.78 Å². The second-order valence-corrected chi connectivity index (χ2v) is 4.99. The summed E-state index contributed by atoms with van der Waals surface area (Å²) in [6, 6.07) is 5.65. The Kier molecular flexibility index (Phi) is 2.50. The Morgan fingerprint density at radius 1 is 1.28 bits per heavy atom. The van der Waals surface area contributed by atoms with Crippen LogP contribution in [0.4, 0.5) is 14.5 Å². The second-order valence-electron chi connectivity index (χ2n) is 4.99. The van der Waals surface area contributed by atoms with Crippen LogP contribution < -0.4 is 5.73 Å². The third-order valence-corrected chi connectivity index (χ3v) is 3.66. The second kappa shape index (κ2) is 3.93. The first-order valence-corrected chi connectivity index (χ1v) is 6.16. The highest BCUT2D eigenvalue weighted by atomic mass is 19.3. The van der Waals surface area contributed by atoms with Gasteiger partial charge in [-0.1, -0.05) is 0 Å². The van der Waals surface area contributed by atoms with Crippen LogP contribution >= 0.6 is 0 Å². The molecule has 2 N–H and O–H groups in total. The van der Waals surface area contributed by atoms with Gasteiger partial charge in [0.25, 0.3) is 0 Å². The zero-order valence-corrected chi connectivity index (χ0v) is 9.94. The summed E-state index contributed by atoms with van der Waals surface area (Å²) in [5, 5.41) is 5.33. The molecular weight excluding hydrogens is 236 g/mol. The highest BCUT2D eigenvalue weighted by Crippen LogP contribution is 2.39. The third-order valence-electron chi connectivity index (χ3n) is 3.66. The van der Waals surface area contributed by atoms with E-state index in [1.54, 1.807) is 6.20 Å². The molecule has 0 bridgehead atoms. The van der Waals surface area contributed by atoms with Crippen LogP contribution in [0.2, 0.25) is 0 Å². The predicted octanol–water partition coefficient (Wildman–Crippen LogP) is 3.37. The number of nitrogens with zero attached hydrogens (tertiary/aromatic N) is 2. The Balaban J connectivity index is 1.93. The molecule has 0 unspecified atom stereocenters. The number of nitrogens with two attached hydrogens (primary N) is 1. The molecule has 1 aliphatic rings. The number of hydrogen-bond donors (Lipinski definition) is 1. The third kappa shape index (κ3) is 1.94. The monoisotopic (exact) mass is 251 g/mol. The molecule has 3 nitrogen and oxygen atoms in total. The van der Waals surface area contributed by atoms with Crippen molar-refractivity contribution in [3.8, 4) is 0 Å². The zero-order chi connectivity index (χ0) is 12.8. The van der Waals surface area contributed by atoms with Gasteiger partial charge in [0.1, 0.15) is 0 Å². The van der Waals surface area contributed by atoms with E-state index in [-0.39, 0.29) is 18.9 Å². The van der Waals surface area contributed by atoms with Gasteiger partial charge in [-0.15, -0.1) is 0 Å². The highest BCUT2D eigenvalue weighted by molar-refractivity contribution is 5.81. The van der Waals surface area contributed by atoms with Crippen LogP contribution in [0.3, 0.4) is 0 Å².